The minimum atomic E-state index is -5.19. The third-order valence-electron chi connectivity index (χ3n) is 9.84. The van der Waals surface area contributed by atoms with Crippen LogP contribution in [-0.4, -0.2) is 98.4 Å². The van der Waals surface area contributed by atoms with Crippen LogP contribution in [0.2, 0.25) is 0 Å². The van der Waals surface area contributed by atoms with Crippen LogP contribution in [0.1, 0.15) is 24.0 Å². The lowest BCUT2D eigenvalue weighted by Crippen LogP contribution is -2.62. The van der Waals surface area contributed by atoms with Crippen LogP contribution in [0.5, 0.6) is 23.0 Å². The first kappa shape index (κ1) is 45.6. The fourth-order valence-corrected chi connectivity index (χ4v) is 8.11. The number of benzene rings is 4. The Balaban J connectivity index is 0.000000925. The summed E-state index contributed by atoms with van der Waals surface area (Å²) < 4.78 is 75.0. The van der Waals surface area contributed by atoms with E-state index in [1.165, 1.54) is 53.6 Å². The van der Waals surface area contributed by atoms with Gasteiger partial charge in [0.25, 0.3) is 0 Å². The Labute approximate surface area is 349 Å². The third-order valence-corrected chi connectivity index (χ3v) is 11.1. The molecule has 1 unspecified atom stereocenters. The van der Waals surface area contributed by atoms with Crippen LogP contribution >= 0.6 is 0 Å². The van der Waals surface area contributed by atoms with Crippen molar-refractivity contribution in [2.45, 2.75) is 49.0 Å². The number of aromatic nitrogens is 1. The second kappa shape index (κ2) is 19.3. The molecule has 2 heterocycles. The number of pyridine rings is 1. The molecule has 1 aliphatic rings. The van der Waals surface area contributed by atoms with Gasteiger partial charge in [-0.1, -0.05) is 30.3 Å². The second-order valence-electron chi connectivity index (χ2n) is 14.5. The van der Waals surface area contributed by atoms with Crippen molar-refractivity contribution < 1.29 is 64.3 Å². The highest BCUT2D eigenvalue weighted by Gasteiger charge is 2.41. The number of ether oxygens (including phenoxy) is 2. The Bertz CT molecular complexity index is 2450. The highest BCUT2D eigenvalue weighted by Crippen LogP contribution is 2.32. The summed E-state index contributed by atoms with van der Waals surface area (Å²) in [5.41, 5.74) is 8.85. The molecule has 6 rings (SSSR count). The Morgan fingerprint density at radius 1 is 0.967 bits per heavy atom. The standard InChI is InChI=1S/C40H43N5O8S.C2HF3O2/c1-45(25-28-13-20-35(51-2)36(24-28)52-3)22-6-9-31(26-45)44(39(47)34(41)23-27-11-16-32(46)17-12-27)40(48)43-30-14-18-33(19-15-30)53-54(49,50)37-10-4-7-29-8-5-21-42-38(29)37;3-2(4,5)1(6)7/h4-5,7-8,10-21,24,31,34H,6,9,22-23,25-26,41H2,1-3H3,(H-,43,46,48);(H,6,7)/t31-,34-,45?;/m0./s1. The topological polar surface area (TPSA) is 211 Å². The number of amides is 3. The van der Waals surface area contributed by atoms with Crippen molar-refractivity contribution in [3.8, 4) is 23.0 Å². The number of anilines is 1. The van der Waals surface area contributed by atoms with Gasteiger partial charge in [0.15, 0.2) is 11.5 Å². The number of alkyl halides is 3. The van der Waals surface area contributed by atoms with Gasteiger partial charge in [-0.15, -0.1) is 0 Å². The number of quaternary nitrogens is 1. The number of para-hydroxylation sites is 1. The van der Waals surface area contributed by atoms with Crippen molar-refractivity contribution in [3.05, 3.63) is 114 Å². The number of piperidine rings is 1. The number of likely N-dealkylation sites (tertiary alicyclic amines) is 1. The number of nitrogens with zero attached hydrogens (tertiary/aromatic N) is 3. The highest BCUT2D eigenvalue weighted by molar-refractivity contribution is 7.87. The molecular formula is C42H44F3N5O10S. The number of phenolic OH excluding ortho intramolecular Hbond substituents is 1. The lowest BCUT2D eigenvalue weighted by atomic mass is 9.98. The van der Waals surface area contributed by atoms with E-state index in [2.05, 4.69) is 17.3 Å². The summed E-state index contributed by atoms with van der Waals surface area (Å²) in [6.07, 6.45) is -2.19. The number of nitrogens with one attached hydrogen (secondary N) is 1. The van der Waals surface area contributed by atoms with Crippen LogP contribution in [-0.2, 0) is 32.7 Å². The number of methoxy groups -OCH3 is 2. The van der Waals surface area contributed by atoms with Crippen molar-refractivity contribution in [3.63, 3.8) is 0 Å². The Morgan fingerprint density at radius 3 is 2.25 bits per heavy atom. The van der Waals surface area contributed by atoms with Crippen LogP contribution < -0.4 is 29.8 Å². The molecule has 3 atom stereocenters. The molecule has 324 valence electrons. The Morgan fingerprint density at radius 2 is 1.61 bits per heavy atom. The summed E-state index contributed by atoms with van der Waals surface area (Å²) in [5.74, 6) is -2.19. The van der Waals surface area contributed by atoms with Gasteiger partial charge >= 0.3 is 22.3 Å². The largest absolute Gasteiger partial charge is 0.542 e. The first-order chi connectivity index (χ1) is 28.8. The maximum atomic E-state index is 14.2. The van der Waals surface area contributed by atoms with Gasteiger partial charge < -0.3 is 44.2 Å². The van der Waals surface area contributed by atoms with E-state index in [0.29, 0.717) is 52.1 Å². The number of carbonyl (C=O) groups excluding carboxylic acids is 3. The first-order valence-corrected chi connectivity index (χ1v) is 20.1. The summed E-state index contributed by atoms with van der Waals surface area (Å²) in [6, 6.07) is 24.1. The molecule has 0 saturated carbocycles. The number of rotatable bonds is 12. The number of carboxylic acids is 1. The third kappa shape index (κ3) is 11.9. The lowest BCUT2D eigenvalue weighted by molar-refractivity contribution is -0.928. The molecule has 0 spiro atoms. The molecule has 1 saturated heterocycles. The molecule has 0 radical (unpaired) electrons. The molecule has 19 heteroatoms. The van der Waals surface area contributed by atoms with Gasteiger partial charge in [0.1, 0.15) is 35.5 Å². The lowest BCUT2D eigenvalue weighted by Gasteiger charge is -2.44. The number of carboxylic acid groups (broad SMARTS) is 1. The smallest absolute Gasteiger partial charge is 0.430 e. The van der Waals surface area contributed by atoms with E-state index in [1.807, 2.05) is 18.2 Å². The first-order valence-electron chi connectivity index (χ1n) is 18.7. The fraction of sp³-hybridized carbons (Fsp3) is 0.286. The molecule has 5 aromatic rings. The highest BCUT2D eigenvalue weighted by atomic mass is 32.2. The van der Waals surface area contributed by atoms with E-state index in [1.54, 1.807) is 50.6 Å². The quantitative estimate of drug-likeness (QED) is 0.115. The SMILES string of the molecule is COc1ccc(C[N+]2(C)CCC[C@H](N(C(=O)Nc3ccc(OS(=O)(=O)c4cccc5cccnc45)cc3)C(=O)[C@@H](N)Cc3ccc(O)cc3)C2)cc1OC.O=C([O-])C(F)(F)F. The van der Waals surface area contributed by atoms with E-state index in [0.717, 1.165) is 24.1 Å². The van der Waals surface area contributed by atoms with Crippen LogP contribution in [0.3, 0.4) is 0 Å². The molecule has 4 N–H and O–H groups in total. The van der Waals surface area contributed by atoms with E-state index in [4.69, 9.17) is 29.3 Å². The number of likely N-dealkylation sites (N-methyl/N-ethyl adjacent to an activating group) is 1. The summed E-state index contributed by atoms with van der Waals surface area (Å²) in [7, 11) is 1.03. The zero-order valence-electron chi connectivity index (χ0n) is 33.3. The number of halogens is 3. The summed E-state index contributed by atoms with van der Waals surface area (Å²) in [4.78, 5) is 42.5. The zero-order valence-corrected chi connectivity index (χ0v) is 34.1. The number of aliphatic carboxylic acids is 1. The molecule has 0 bridgehead atoms. The maximum absolute atomic E-state index is 14.2. The summed E-state index contributed by atoms with van der Waals surface area (Å²) in [5, 5.41) is 22.0. The van der Waals surface area contributed by atoms with Crippen molar-refractivity contribution >= 4 is 44.6 Å². The van der Waals surface area contributed by atoms with E-state index < -0.39 is 46.3 Å². The molecule has 4 aromatic carbocycles. The Kier molecular flexibility index (Phi) is 14.4. The molecule has 61 heavy (non-hydrogen) atoms. The average Bonchev–Trinajstić information content (AvgIpc) is 3.21. The van der Waals surface area contributed by atoms with Crippen molar-refractivity contribution in [2.24, 2.45) is 5.73 Å². The predicted molar refractivity (Wildman–Crippen MR) is 215 cm³/mol. The van der Waals surface area contributed by atoms with Gasteiger partial charge in [-0.25, -0.2) is 4.79 Å². The fourth-order valence-electron chi connectivity index (χ4n) is 7.00. The van der Waals surface area contributed by atoms with E-state index in [-0.39, 0.29) is 22.8 Å². The number of imide groups is 1. The molecule has 1 aromatic heterocycles. The second-order valence-corrected chi connectivity index (χ2v) is 16.0. The number of hydrogen-bond acceptors (Lipinski definition) is 12. The van der Waals surface area contributed by atoms with Gasteiger partial charge in [0, 0.05) is 22.8 Å². The molecular weight excluding hydrogens is 824 g/mol. The van der Waals surface area contributed by atoms with Crippen LogP contribution in [0.15, 0.2) is 108 Å². The van der Waals surface area contributed by atoms with Crippen LogP contribution in [0.4, 0.5) is 23.7 Å². The van der Waals surface area contributed by atoms with Crippen molar-refractivity contribution in [2.75, 3.05) is 39.7 Å². The van der Waals surface area contributed by atoms with E-state index >= 15 is 0 Å². The minimum Gasteiger partial charge on any atom is -0.542 e. The van der Waals surface area contributed by atoms with Gasteiger partial charge in [-0.2, -0.15) is 21.6 Å². The number of nitrogens with two attached hydrogens (primary N) is 1. The zero-order chi connectivity index (χ0) is 44.5. The molecule has 3 amide bonds. The minimum absolute atomic E-state index is 0.0281. The predicted octanol–water partition coefficient (Wildman–Crippen LogP) is 4.76. The number of fused-ring (bicyclic) bond motifs is 1. The number of urea groups is 1. The van der Waals surface area contributed by atoms with Gasteiger partial charge in [-0.05, 0) is 91.6 Å². The van der Waals surface area contributed by atoms with Crippen molar-refractivity contribution in [1.29, 1.82) is 0 Å². The molecule has 1 fully saturated rings. The van der Waals surface area contributed by atoms with Crippen LogP contribution in [0.25, 0.3) is 10.9 Å². The van der Waals surface area contributed by atoms with E-state index in [9.17, 15) is 36.3 Å². The molecule has 15 nitrogen and oxygen atoms in total. The summed E-state index contributed by atoms with van der Waals surface area (Å²) >= 11 is 0. The number of carbonyl (C=O) groups is 3. The monoisotopic (exact) mass is 867 g/mol. The molecule has 0 aliphatic carbocycles. The Hall–Kier alpha value is -6.44. The van der Waals surface area contributed by atoms with Gasteiger partial charge in [0.05, 0.1) is 45.4 Å². The van der Waals surface area contributed by atoms with Gasteiger partial charge in [-0.3, -0.25) is 14.7 Å². The number of hydrogen-bond donors (Lipinski definition) is 3. The van der Waals surface area contributed by atoms with Crippen molar-refractivity contribution in [1.82, 2.24) is 9.88 Å². The van der Waals surface area contributed by atoms with Crippen LogP contribution in [0, 0.1) is 0 Å². The molecule has 1 aliphatic heterocycles. The summed E-state index contributed by atoms with van der Waals surface area (Å²) in [6.45, 7) is 1.93. The average molecular weight is 868 g/mol. The van der Waals surface area contributed by atoms with Gasteiger partial charge in [0.2, 0.25) is 5.91 Å². The normalized spacial score (nSPS) is 16.9. The number of aromatic hydroxyl groups is 1. The maximum Gasteiger partial charge on any atom is 0.430 e. The number of phenols is 1.